The van der Waals surface area contributed by atoms with E-state index in [2.05, 4.69) is 31.4 Å². The molecular weight excluding hydrogens is 499 g/mol. The van der Waals surface area contributed by atoms with Gasteiger partial charge < -0.3 is 5.32 Å². The molecule has 0 unspecified atom stereocenters. The molecule has 1 aromatic carbocycles. The molecule has 0 bridgehead atoms. The van der Waals surface area contributed by atoms with Crippen molar-refractivity contribution in [3.63, 3.8) is 0 Å². The minimum absolute atomic E-state index is 0.0223. The number of hydrogen-bond acceptors (Lipinski definition) is 3. The maximum absolute atomic E-state index is 13.2. The van der Waals surface area contributed by atoms with Crippen LogP contribution in [0.4, 0.5) is 18.9 Å². The zero-order chi connectivity index (χ0) is 22.2. The average Bonchev–Trinajstić information content (AvgIpc) is 3.35. The summed E-state index contributed by atoms with van der Waals surface area (Å²) in [6, 6.07) is 7.31. The normalized spacial score (nSPS) is 14.1. The Labute approximate surface area is 189 Å². The molecule has 1 saturated carbocycles. The fraction of sp³-hybridized carbons (Fsp3) is 0.350. The quantitative estimate of drug-likeness (QED) is 0.453. The van der Waals surface area contributed by atoms with Crippen molar-refractivity contribution in [2.75, 3.05) is 5.32 Å². The summed E-state index contributed by atoms with van der Waals surface area (Å²) in [4.78, 5) is 12.4. The second-order valence-corrected chi connectivity index (χ2v) is 8.69. The standard InChI is InChI=1S/C20H18BrClF3N5O/c21-14-9-26-29(11-14)10-12-2-1-3-15(8-12)27-16(31)6-7-30-18(13-4-5-13)17(22)19(28-30)20(23,24)25/h1-3,8-9,11,13H,4-7,10H2,(H,27,31). The van der Waals surface area contributed by atoms with Gasteiger partial charge in [0.1, 0.15) is 0 Å². The third kappa shape index (κ3) is 5.30. The maximum atomic E-state index is 13.2. The molecule has 4 rings (SSSR count). The van der Waals surface area contributed by atoms with Crippen LogP contribution in [0.3, 0.4) is 0 Å². The van der Waals surface area contributed by atoms with Crippen LogP contribution in [0.1, 0.15) is 42.1 Å². The Morgan fingerprint density at radius 3 is 2.74 bits per heavy atom. The highest BCUT2D eigenvalue weighted by Crippen LogP contribution is 2.46. The average molecular weight is 517 g/mol. The zero-order valence-electron chi connectivity index (χ0n) is 16.2. The number of aromatic nitrogens is 4. The highest BCUT2D eigenvalue weighted by molar-refractivity contribution is 9.10. The Morgan fingerprint density at radius 2 is 2.10 bits per heavy atom. The minimum Gasteiger partial charge on any atom is -0.326 e. The van der Waals surface area contributed by atoms with Crippen LogP contribution in [0, 0.1) is 0 Å². The smallest absolute Gasteiger partial charge is 0.326 e. The Balaban J connectivity index is 1.40. The second-order valence-electron chi connectivity index (χ2n) is 7.40. The molecular formula is C20H18BrClF3N5O. The molecule has 164 valence electrons. The molecule has 1 N–H and O–H groups in total. The van der Waals surface area contributed by atoms with Gasteiger partial charge in [-0.05, 0) is 46.5 Å². The van der Waals surface area contributed by atoms with Crippen LogP contribution >= 0.6 is 27.5 Å². The first-order valence-corrected chi connectivity index (χ1v) is 10.8. The number of hydrogen-bond donors (Lipinski definition) is 1. The number of halogens is 5. The number of carbonyl (C=O) groups is 1. The van der Waals surface area contributed by atoms with Crippen molar-refractivity contribution in [2.24, 2.45) is 0 Å². The molecule has 1 aliphatic carbocycles. The summed E-state index contributed by atoms with van der Waals surface area (Å²) in [5, 5.41) is 10.3. The van der Waals surface area contributed by atoms with Crippen LogP contribution in [0.5, 0.6) is 0 Å². The summed E-state index contributed by atoms with van der Waals surface area (Å²) in [6.07, 6.45) is 0.424. The summed E-state index contributed by atoms with van der Waals surface area (Å²) in [5.74, 6) is -0.348. The van der Waals surface area contributed by atoms with Crippen LogP contribution in [0.2, 0.25) is 5.02 Å². The Morgan fingerprint density at radius 1 is 1.32 bits per heavy atom. The van der Waals surface area contributed by atoms with Crippen molar-refractivity contribution in [2.45, 2.75) is 44.4 Å². The number of amides is 1. The number of nitrogens with zero attached hydrogens (tertiary/aromatic N) is 4. The van der Waals surface area contributed by atoms with Crippen LogP contribution in [-0.2, 0) is 24.1 Å². The third-order valence-corrected chi connectivity index (χ3v) is 5.65. The van der Waals surface area contributed by atoms with E-state index in [1.165, 1.54) is 4.68 Å². The van der Waals surface area contributed by atoms with Gasteiger partial charge in [0.25, 0.3) is 0 Å². The van der Waals surface area contributed by atoms with E-state index >= 15 is 0 Å². The minimum atomic E-state index is -4.63. The van der Waals surface area contributed by atoms with Crippen molar-refractivity contribution in [1.82, 2.24) is 19.6 Å². The molecule has 1 fully saturated rings. The predicted molar refractivity (Wildman–Crippen MR) is 113 cm³/mol. The molecule has 0 aliphatic heterocycles. The van der Waals surface area contributed by atoms with Crippen LogP contribution in [0.25, 0.3) is 0 Å². The van der Waals surface area contributed by atoms with Crippen molar-refractivity contribution < 1.29 is 18.0 Å². The van der Waals surface area contributed by atoms with Gasteiger partial charge in [0.05, 0.1) is 34.5 Å². The van der Waals surface area contributed by atoms with Gasteiger partial charge in [0.2, 0.25) is 5.91 Å². The van der Waals surface area contributed by atoms with E-state index in [1.54, 1.807) is 16.9 Å². The molecule has 11 heteroatoms. The topological polar surface area (TPSA) is 64.7 Å². The Bertz CT molecular complexity index is 1110. The van der Waals surface area contributed by atoms with Crippen LogP contribution in [-0.4, -0.2) is 25.5 Å². The Kier molecular flexibility index (Phi) is 6.11. The molecule has 0 atom stereocenters. The van der Waals surface area contributed by atoms with Gasteiger partial charge in [-0.25, -0.2) is 0 Å². The first-order valence-electron chi connectivity index (χ1n) is 9.61. The molecule has 2 heterocycles. The molecule has 3 aromatic rings. The van der Waals surface area contributed by atoms with Crippen LogP contribution < -0.4 is 5.32 Å². The summed E-state index contributed by atoms with van der Waals surface area (Å²) < 4.78 is 43.3. The van der Waals surface area contributed by atoms with E-state index in [9.17, 15) is 18.0 Å². The van der Waals surface area contributed by atoms with E-state index in [0.717, 1.165) is 22.9 Å². The van der Waals surface area contributed by atoms with Gasteiger partial charge in [-0.3, -0.25) is 14.2 Å². The molecule has 6 nitrogen and oxygen atoms in total. The number of carbonyl (C=O) groups excluding carboxylic acids is 1. The first kappa shape index (κ1) is 21.9. The number of benzene rings is 1. The number of alkyl halides is 3. The summed E-state index contributed by atoms with van der Waals surface area (Å²) in [5.41, 5.74) is 0.826. The lowest BCUT2D eigenvalue weighted by Crippen LogP contribution is -2.16. The predicted octanol–water partition coefficient (Wildman–Crippen LogP) is 5.47. The molecule has 31 heavy (non-hydrogen) atoms. The van der Waals surface area contributed by atoms with E-state index in [0.29, 0.717) is 17.9 Å². The SMILES string of the molecule is O=C(CCn1nc(C(F)(F)F)c(Cl)c1C1CC1)Nc1cccc(Cn2cc(Br)cn2)c1. The fourth-order valence-electron chi connectivity index (χ4n) is 3.34. The highest BCUT2D eigenvalue weighted by atomic mass is 79.9. The molecule has 0 radical (unpaired) electrons. The number of rotatable bonds is 7. The Hall–Kier alpha value is -2.33. The maximum Gasteiger partial charge on any atom is 0.436 e. The fourth-order valence-corrected chi connectivity index (χ4v) is 4.07. The second kappa shape index (κ2) is 8.66. The third-order valence-electron chi connectivity index (χ3n) is 4.87. The van der Waals surface area contributed by atoms with E-state index in [4.69, 9.17) is 11.6 Å². The molecule has 1 amide bonds. The summed E-state index contributed by atoms with van der Waals surface area (Å²) in [7, 11) is 0. The van der Waals surface area contributed by atoms with Crippen molar-refractivity contribution in [3.05, 3.63) is 63.1 Å². The zero-order valence-corrected chi connectivity index (χ0v) is 18.5. The summed E-state index contributed by atoms with van der Waals surface area (Å²) in [6.45, 7) is 0.556. The van der Waals surface area contributed by atoms with Gasteiger partial charge in [0.15, 0.2) is 5.69 Å². The lowest BCUT2D eigenvalue weighted by atomic mass is 10.2. The highest BCUT2D eigenvalue weighted by Gasteiger charge is 2.42. The molecule has 0 spiro atoms. The van der Waals surface area contributed by atoms with Crippen molar-refractivity contribution in [3.8, 4) is 0 Å². The number of aryl methyl sites for hydroxylation is 1. The molecule has 0 saturated heterocycles. The van der Waals surface area contributed by atoms with E-state index < -0.39 is 11.9 Å². The van der Waals surface area contributed by atoms with Crippen molar-refractivity contribution in [1.29, 1.82) is 0 Å². The monoisotopic (exact) mass is 515 g/mol. The van der Waals surface area contributed by atoms with Gasteiger partial charge in [-0.1, -0.05) is 23.7 Å². The van der Waals surface area contributed by atoms with E-state index in [1.807, 2.05) is 24.4 Å². The lowest BCUT2D eigenvalue weighted by Gasteiger charge is -2.09. The number of nitrogens with one attached hydrogen (secondary N) is 1. The van der Waals surface area contributed by atoms with Gasteiger partial charge >= 0.3 is 6.18 Å². The van der Waals surface area contributed by atoms with Gasteiger partial charge in [-0.2, -0.15) is 23.4 Å². The molecule has 2 aromatic heterocycles. The molecule has 1 aliphatic rings. The van der Waals surface area contributed by atoms with Gasteiger partial charge in [-0.15, -0.1) is 0 Å². The van der Waals surface area contributed by atoms with Crippen molar-refractivity contribution >= 4 is 39.1 Å². The number of anilines is 1. The van der Waals surface area contributed by atoms with E-state index in [-0.39, 0.29) is 29.8 Å². The first-order chi connectivity index (χ1) is 14.7. The van der Waals surface area contributed by atoms with Gasteiger partial charge in [0, 0.05) is 24.2 Å². The summed E-state index contributed by atoms with van der Waals surface area (Å²) >= 11 is 9.31. The largest absolute Gasteiger partial charge is 0.436 e. The van der Waals surface area contributed by atoms with Crippen LogP contribution in [0.15, 0.2) is 41.1 Å². The lowest BCUT2D eigenvalue weighted by molar-refractivity contribution is -0.141.